The van der Waals surface area contributed by atoms with Gasteiger partial charge in [-0.3, -0.25) is 14.5 Å². The van der Waals surface area contributed by atoms with Gasteiger partial charge in [0.05, 0.1) is 0 Å². The van der Waals surface area contributed by atoms with Crippen molar-refractivity contribution in [3.05, 3.63) is 60.2 Å². The summed E-state index contributed by atoms with van der Waals surface area (Å²) in [4.78, 5) is 24.6. The van der Waals surface area contributed by atoms with Crippen molar-refractivity contribution in [3.8, 4) is 0 Å². The van der Waals surface area contributed by atoms with Crippen LogP contribution in [0.4, 0.5) is 11.4 Å². The molecule has 2 rings (SSSR count). The number of anilines is 2. The Morgan fingerprint density at radius 1 is 1.05 bits per heavy atom. The van der Waals surface area contributed by atoms with Crippen molar-refractivity contribution in [2.75, 3.05) is 17.2 Å². The summed E-state index contributed by atoms with van der Waals surface area (Å²) in [6.07, 6.45) is 0. The summed E-state index contributed by atoms with van der Waals surface area (Å²) in [5.41, 5.74) is 6.99. The van der Waals surface area contributed by atoms with Crippen LogP contribution in [-0.4, -0.2) is 23.5 Å². The number of nitrogen functional groups attached to an aromatic ring is 1. The number of rotatable bonds is 4. The van der Waals surface area contributed by atoms with E-state index >= 15 is 0 Å². The largest absolute Gasteiger partial charge is 0.480 e. The molecule has 0 atom stereocenters. The summed E-state index contributed by atoms with van der Waals surface area (Å²) >= 11 is 0. The van der Waals surface area contributed by atoms with E-state index in [0.717, 1.165) is 0 Å². The maximum absolute atomic E-state index is 12.4. The highest BCUT2D eigenvalue weighted by atomic mass is 16.4. The average Bonchev–Trinajstić information content (AvgIpc) is 2.45. The van der Waals surface area contributed by atoms with Crippen LogP contribution in [0.5, 0.6) is 0 Å². The van der Waals surface area contributed by atoms with Crippen LogP contribution in [0.1, 0.15) is 10.4 Å². The Hall–Kier alpha value is -2.82. The molecule has 0 saturated heterocycles. The summed E-state index contributed by atoms with van der Waals surface area (Å²) in [5.74, 6) is -1.47. The molecular weight excluding hydrogens is 256 g/mol. The Bertz CT molecular complexity index is 626. The fourth-order valence-electron chi connectivity index (χ4n) is 1.85. The lowest BCUT2D eigenvalue weighted by molar-refractivity contribution is -0.135. The first-order chi connectivity index (χ1) is 9.58. The lowest BCUT2D eigenvalue weighted by atomic mass is 10.1. The summed E-state index contributed by atoms with van der Waals surface area (Å²) in [5, 5.41) is 8.98. The Kier molecular flexibility index (Phi) is 4.00. The standard InChI is InChI=1S/C15H14N2O3/c16-12-6-4-5-11(9-12)15(20)17(10-14(18)19)13-7-2-1-3-8-13/h1-9H,10,16H2,(H,18,19). The molecule has 0 fully saturated rings. The van der Waals surface area contributed by atoms with Crippen molar-refractivity contribution >= 4 is 23.3 Å². The third-order valence-corrected chi connectivity index (χ3v) is 2.74. The first kappa shape index (κ1) is 13.6. The SMILES string of the molecule is Nc1cccc(C(=O)N(CC(=O)O)c2ccccc2)c1. The molecule has 0 spiro atoms. The highest BCUT2D eigenvalue weighted by Crippen LogP contribution is 2.17. The molecule has 3 N–H and O–H groups in total. The van der Waals surface area contributed by atoms with Gasteiger partial charge in [-0.25, -0.2) is 0 Å². The zero-order valence-corrected chi connectivity index (χ0v) is 10.7. The number of carbonyl (C=O) groups is 2. The Morgan fingerprint density at radius 3 is 2.35 bits per heavy atom. The number of nitrogens with two attached hydrogens (primary N) is 1. The maximum Gasteiger partial charge on any atom is 0.323 e. The van der Waals surface area contributed by atoms with Crippen LogP contribution < -0.4 is 10.6 Å². The highest BCUT2D eigenvalue weighted by molar-refractivity contribution is 6.08. The maximum atomic E-state index is 12.4. The van der Waals surface area contributed by atoms with Crippen LogP contribution in [0, 0.1) is 0 Å². The van der Waals surface area contributed by atoms with E-state index in [1.807, 2.05) is 0 Å². The second kappa shape index (κ2) is 5.88. The monoisotopic (exact) mass is 270 g/mol. The van der Waals surface area contributed by atoms with Gasteiger partial charge in [0.25, 0.3) is 5.91 Å². The molecule has 0 bridgehead atoms. The summed E-state index contributed by atoms with van der Waals surface area (Å²) in [6.45, 7) is -0.405. The summed E-state index contributed by atoms with van der Waals surface area (Å²) < 4.78 is 0. The zero-order valence-electron chi connectivity index (χ0n) is 10.7. The van der Waals surface area contributed by atoms with Crippen LogP contribution in [0.15, 0.2) is 54.6 Å². The van der Waals surface area contributed by atoms with E-state index < -0.39 is 18.4 Å². The lowest BCUT2D eigenvalue weighted by Gasteiger charge is -2.21. The van der Waals surface area contributed by atoms with Crippen LogP contribution in [0.25, 0.3) is 0 Å². The fraction of sp³-hybridized carbons (Fsp3) is 0.0667. The molecular formula is C15H14N2O3. The summed E-state index contributed by atoms with van der Waals surface area (Å²) in [7, 11) is 0. The predicted molar refractivity (Wildman–Crippen MR) is 76.6 cm³/mol. The van der Waals surface area contributed by atoms with Gasteiger partial charge in [0.1, 0.15) is 6.54 Å². The van der Waals surface area contributed by atoms with Crippen LogP contribution in [-0.2, 0) is 4.79 Å². The van der Waals surface area contributed by atoms with Gasteiger partial charge < -0.3 is 10.8 Å². The first-order valence-corrected chi connectivity index (χ1v) is 6.02. The Balaban J connectivity index is 2.36. The number of carboxylic acid groups (broad SMARTS) is 1. The number of carbonyl (C=O) groups excluding carboxylic acids is 1. The molecule has 0 unspecified atom stereocenters. The molecule has 0 radical (unpaired) electrons. The minimum atomic E-state index is -1.08. The Morgan fingerprint density at radius 2 is 1.75 bits per heavy atom. The van der Waals surface area contributed by atoms with E-state index in [1.54, 1.807) is 48.5 Å². The number of benzene rings is 2. The normalized spacial score (nSPS) is 10.0. The molecule has 2 aromatic carbocycles. The molecule has 0 saturated carbocycles. The van der Waals surface area contributed by atoms with E-state index in [2.05, 4.69) is 0 Å². The summed E-state index contributed by atoms with van der Waals surface area (Å²) in [6, 6.07) is 15.1. The van der Waals surface area contributed by atoms with E-state index in [0.29, 0.717) is 16.9 Å². The van der Waals surface area contributed by atoms with Gasteiger partial charge in [-0.2, -0.15) is 0 Å². The van der Waals surface area contributed by atoms with Crippen molar-refractivity contribution in [1.29, 1.82) is 0 Å². The number of aliphatic carboxylic acids is 1. The molecule has 5 nitrogen and oxygen atoms in total. The molecule has 5 heteroatoms. The third-order valence-electron chi connectivity index (χ3n) is 2.74. The molecule has 20 heavy (non-hydrogen) atoms. The van der Waals surface area contributed by atoms with Crippen molar-refractivity contribution < 1.29 is 14.7 Å². The minimum Gasteiger partial charge on any atom is -0.480 e. The Labute approximate surface area is 116 Å². The van der Waals surface area contributed by atoms with Crippen LogP contribution in [0.2, 0.25) is 0 Å². The van der Waals surface area contributed by atoms with Gasteiger partial charge in [-0.15, -0.1) is 0 Å². The van der Waals surface area contributed by atoms with Gasteiger partial charge in [-0.1, -0.05) is 24.3 Å². The van der Waals surface area contributed by atoms with Gasteiger partial charge in [-0.05, 0) is 30.3 Å². The fourth-order valence-corrected chi connectivity index (χ4v) is 1.85. The van der Waals surface area contributed by atoms with Crippen molar-refractivity contribution in [2.24, 2.45) is 0 Å². The molecule has 102 valence electrons. The van der Waals surface area contributed by atoms with Crippen LogP contribution in [0.3, 0.4) is 0 Å². The first-order valence-electron chi connectivity index (χ1n) is 6.02. The second-order valence-electron chi connectivity index (χ2n) is 4.25. The molecule has 0 aliphatic rings. The third kappa shape index (κ3) is 3.14. The molecule has 0 aliphatic heterocycles. The topological polar surface area (TPSA) is 83.6 Å². The number of carboxylic acids is 1. The van der Waals surface area contributed by atoms with Crippen molar-refractivity contribution in [1.82, 2.24) is 0 Å². The number of nitrogens with zero attached hydrogens (tertiary/aromatic N) is 1. The van der Waals surface area contributed by atoms with Crippen molar-refractivity contribution in [2.45, 2.75) is 0 Å². The molecule has 2 aromatic rings. The number of hydrogen-bond donors (Lipinski definition) is 2. The number of hydrogen-bond acceptors (Lipinski definition) is 3. The second-order valence-corrected chi connectivity index (χ2v) is 4.25. The van der Waals surface area contributed by atoms with E-state index in [9.17, 15) is 9.59 Å². The molecule has 0 heterocycles. The van der Waals surface area contributed by atoms with Gasteiger partial charge >= 0.3 is 5.97 Å². The number of amides is 1. The average molecular weight is 270 g/mol. The minimum absolute atomic E-state index is 0.357. The smallest absolute Gasteiger partial charge is 0.323 e. The molecule has 0 aliphatic carbocycles. The highest BCUT2D eigenvalue weighted by Gasteiger charge is 2.20. The van der Waals surface area contributed by atoms with Gasteiger partial charge in [0, 0.05) is 16.9 Å². The van der Waals surface area contributed by atoms with Gasteiger partial charge in [0.15, 0.2) is 0 Å². The molecule has 0 aromatic heterocycles. The van der Waals surface area contributed by atoms with E-state index in [-0.39, 0.29) is 0 Å². The van der Waals surface area contributed by atoms with E-state index in [4.69, 9.17) is 10.8 Å². The van der Waals surface area contributed by atoms with Crippen molar-refractivity contribution in [3.63, 3.8) is 0 Å². The zero-order chi connectivity index (χ0) is 14.5. The van der Waals surface area contributed by atoms with E-state index in [1.165, 1.54) is 11.0 Å². The lowest BCUT2D eigenvalue weighted by Crippen LogP contribution is -2.35. The van der Waals surface area contributed by atoms with Crippen LogP contribution >= 0.6 is 0 Å². The molecule has 1 amide bonds. The quantitative estimate of drug-likeness (QED) is 0.832. The number of para-hydroxylation sites is 1. The van der Waals surface area contributed by atoms with Gasteiger partial charge in [0.2, 0.25) is 0 Å². The predicted octanol–water partition coefficient (Wildman–Crippen LogP) is 2.00.